The number of carbonyl (C=O) groups excluding carboxylic acids is 1. The average Bonchev–Trinajstić information content (AvgIpc) is 2.84. The zero-order valence-electron chi connectivity index (χ0n) is 10.7. The first-order valence-electron chi connectivity index (χ1n) is 6.20. The summed E-state index contributed by atoms with van der Waals surface area (Å²) in [4.78, 5) is 26.0. The normalized spacial score (nSPS) is 18.3. The molecule has 102 valence electrons. The number of carbonyl (C=O) groups is 1. The molecule has 1 aliphatic heterocycles. The zero-order valence-corrected chi connectivity index (χ0v) is 10.7. The fourth-order valence-electron chi connectivity index (χ4n) is 2.14. The molecule has 0 aliphatic carbocycles. The summed E-state index contributed by atoms with van der Waals surface area (Å²) in [6, 6.07) is 1.54. The quantitative estimate of drug-likeness (QED) is 0.632. The van der Waals surface area contributed by atoms with Crippen molar-refractivity contribution in [1.82, 2.24) is 10.3 Å². The Balaban J connectivity index is 2.00. The lowest BCUT2D eigenvalue weighted by molar-refractivity contribution is -0.385. The van der Waals surface area contributed by atoms with Crippen molar-refractivity contribution >= 4 is 17.3 Å². The van der Waals surface area contributed by atoms with Gasteiger partial charge in [0.05, 0.1) is 16.8 Å². The molecule has 1 aromatic heterocycles. The van der Waals surface area contributed by atoms with Gasteiger partial charge in [0.1, 0.15) is 5.69 Å². The maximum absolute atomic E-state index is 11.8. The highest BCUT2D eigenvalue weighted by Gasteiger charge is 2.19. The third kappa shape index (κ3) is 3.47. The standard InChI is InChI=1S/C12H16N4O3/c1-8-11(16(18)19)5-10(7-14-8)15-12(17)6-9-3-2-4-13-9/h5,7,9,13H,2-4,6H2,1H3,(H,15,17)/t9-/m0/s1. The van der Waals surface area contributed by atoms with Crippen molar-refractivity contribution in [3.8, 4) is 0 Å². The molecule has 2 rings (SSSR count). The molecular weight excluding hydrogens is 248 g/mol. The Bertz CT molecular complexity index is 498. The highest BCUT2D eigenvalue weighted by Crippen LogP contribution is 2.20. The Morgan fingerprint density at radius 2 is 2.47 bits per heavy atom. The Hall–Kier alpha value is -2.02. The van der Waals surface area contributed by atoms with E-state index in [0.29, 0.717) is 17.8 Å². The van der Waals surface area contributed by atoms with E-state index in [0.717, 1.165) is 19.4 Å². The minimum absolute atomic E-state index is 0.0863. The predicted molar refractivity (Wildman–Crippen MR) is 69.9 cm³/mol. The number of rotatable bonds is 4. The summed E-state index contributed by atoms with van der Waals surface area (Å²) in [5, 5.41) is 16.7. The van der Waals surface area contributed by atoms with Gasteiger partial charge in [-0.25, -0.2) is 0 Å². The topological polar surface area (TPSA) is 97.2 Å². The summed E-state index contributed by atoms with van der Waals surface area (Å²) in [6.45, 7) is 2.50. The van der Waals surface area contributed by atoms with E-state index in [2.05, 4.69) is 15.6 Å². The highest BCUT2D eigenvalue weighted by atomic mass is 16.6. The molecule has 0 unspecified atom stereocenters. The van der Waals surface area contributed by atoms with Crippen molar-refractivity contribution in [2.75, 3.05) is 11.9 Å². The van der Waals surface area contributed by atoms with E-state index >= 15 is 0 Å². The van der Waals surface area contributed by atoms with Crippen LogP contribution >= 0.6 is 0 Å². The molecule has 1 atom stereocenters. The third-order valence-corrected chi connectivity index (χ3v) is 3.13. The highest BCUT2D eigenvalue weighted by molar-refractivity contribution is 5.91. The molecule has 1 saturated heterocycles. The lowest BCUT2D eigenvalue weighted by atomic mass is 10.1. The van der Waals surface area contributed by atoms with Crippen LogP contribution < -0.4 is 10.6 Å². The van der Waals surface area contributed by atoms with Gasteiger partial charge in [-0.3, -0.25) is 19.9 Å². The second kappa shape index (κ2) is 5.75. The van der Waals surface area contributed by atoms with Crippen LogP contribution in [0.2, 0.25) is 0 Å². The molecule has 1 aromatic rings. The molecule has 0 aromatic carbocycles. The fraction of sp³-hybridized carbons (Fsp3) is 0.500. The van der Waals surface area contributed by atoms with Crippen LogP contribution in [0.3, 0.4) is 0 Å². The Morgan fingerprint density at radius 1 is 1.68 bits per heavy atom. The molecule has 19 heavy (non-hydrogen) atoms. The predicted octanol–water partition coefficient (Wildman–Crippen LogP) is 1.38. The molecule has 0 bridgehead atoms. The van der Waals surface area contributed by atoms with E-state index in [1.807, 2.05) is 0 Å². The smallest absolute Gasteiger partial charge is 0.292 e. The first-order valence-corrected chi connectivity index (χ1v) is 6.20. The second-order valence-corrected chi connectivity index (χ2v) is 4.63. The van der Waals surface area contributed by atoms with Crippen molar-refractivity contribution in [3.05, 3.63) is 28.1 Å². The molecule has 0 saturated carbocycles. The average molecular weight is 264 g/mol. The van der Waals surface area contributed by atoms with Crippen LogP contribution in [0, 0.1) is 17.0 Å². The SMILES string of the molecule is Cc1ncc(NC(=O)C[C@@H]2CCCN2)cc1[N+](=O)[O-]. The van der Waals surface area contributed by atoms with Crippen LogP contribution in [-0.2, 0) is 4.79 Å². The van der Waals surface area contributed by atoms with Crippen molar-refractivity contribution in [3.63, 3.8) is 0 Å². The molecule has 1 amide bonds. The van der Waals surface area contributed by atoms with Crippen molar-refractivity contribution in [2.24, 2.45) is 0 Å². The minimum Gasteiger partial charge on any atom is -0.324 e. The van der Waals surface area contributed by atoms with Crippen LogP contribution in [0.15, 0.2) is 12.3 Å². The number of nitrogens with zero attached hydrogens (tertiary/aromatic N) is 2. The molecule has 1 fully saturated rings. The fourth-order valence-corrected chi connectivity index (χ4v) is 2.14. The molecule has 2 N–H and O–H groups in total. The van der Waals surface area contributed by atoms with Gasteiger partial charge >= 0.3 is 0 Å². The van der Waals surface area contributed by atoms with Crippen LogP contribution in [0.25, 0.3) is 0 Å². The Morgan fingerprint density at radius 3 is 3.11 bits per heavy atom. The summed E-state index contributed by atoms with van der Waals surface area (Å²) in [7, 11) is 0. The number of hydrogen-bond acceptors (Lipinski definition) is 5. The second-order valence-electron chi connectivity index (χ2n) is 4.63. The van der Waals surface area contributed by atoms with E-state index in [-0.39, 0.29) is 17.6 Å². The van der Waals surface area contributed by atoms with Crippen LogP contribution in [0.1, 0.15) is 25.0 Å². The van der Waals surface area contributed by atoms with E-state index in [1.54, 1.807) is 6.92 Å². The van der Waals surface area contributed by atoms with Gasteiger partial charge in [0.15, 0.2) is 0 Å². The van der Waals surface area contributed by atoms with Gasteiger partial charge in [-0.1, -0.05) is 0 Å². The number of nitro groups is 1. The summed E-state index contributed by atoms with van der Waals surface area (Å²) < 4.78 is 0. The van der Waals surface area contributed by atoms with Gasteiger partial charge in [0.2, 0.25) is 5.91 Å². The number of aryl methyl sites for hydroxylation is 1. The first kappa shape index (κ1) is 13.4. The largest absolute Gasteiger partial charge is 0.324 e. The number of aromatic nitrogens is 1. The van der Waals surface area contributed by atoms with Crippen LogP contribution in [0.5, 0.6) is 0 Å². The number of amides is 1. The lowest BCUT2D eigenvalue weighted by Crippen LogP contribution is -2.27. The number of nitrogens with one attached hydrogen (secondary N) is 2. The van der Waals surface area contributed by atoms with Crippen molar-refractivity contribution in [1.29, 1.82) is 0 Å². The van der Waals surface area contributed by atoms with Gasteiger partial charge in [-0.05, 0) is 26.3 Å². The lowest BCUT2D eigenvalue weighted by Gasteiger charge is -2.10. The number of hydrogen-bond donors (Lipinski definition) is 2. The van der Waals surface area contributed by atoms with E-state index in [1.165, 1.54) is 12.3 Å². The molecule has 0 radical (unpaired) electrons. The van der Waals surface area contributed by atoms with Crippen molar-refractivity contribution < 1.29 is 9.72 Å². The van der Waals surface area contributed by atoms with Crippen LogP contribution in [0.4, 0.5) is 11.4 Å². The van der Waals surface area contributed by atoms with Gasteiger partial charge in [-0.2, -0.15) is 0 Å². The minimum atomic E-state index is -0.503. The molecule has 1 aliphatic rings. The molecule has 2 heterocycles. The molecular formula is C12H16N4O3. The van der Waals surface area contributed by atoms with Gasteiger partial charge in [-0.15, -0.1) is 0 Å². The van der Waals surface area contributed by atoms with Crippen molar-refractivity contribution in [2.45, 2.75) is 32.2 Å². The first-order chi connectivity index (χ1) is 9.06. The Labute approximate surface area is 110 Å². The zero-order chi connectivity index (χ0) is 13.8. The van der Waals surface area contributed by atoms with Gasteiger partial charge in [0.25, 0.3) is 5.69 Å². The molecule has 0 spiro atoms. The summed E-state index contributed by atoms with van der Waals surface area (Å²) in [6.07, 6.45) is 3.87. The molecule has 7 nitrogen and oxygen atoms in total. The monoisotopic (exact) mass is 264 g/mol. The summed E-state index contributed by atoms with van der Waals surface area (Å²) in [5.41, 5.74) is 0.609. The summed E-state index contributed by atoms with van der Waals surface area (Å²) in [5.74, 6) is -0.153. The third-order valence-electron chi connectivity index (χ3n) is 3.13. The summed E-state index contributed by atoms with van der Waals surface area (Å²) >= 11 is 0. The van der Waals surface area contributed by atoms with E-state index < -0.39 is 4.92 Å². The molecule has 7 heteroatoms. The van der Waals surface area contributed by atoms with Crippen LogP contribution in [-0.4, -0.2) is 28.4 Å². The maximum atomic E-state index is 11.8. The van der Waals surface area contributed by atoms with Gasteiger partial charge in [0, 0.05) is 18.5 Å². The Kier molecular flexibility index (Phi) is 4.06. The van der Waals surface area contributed by atoms with Gasteiger partial charge < -0.3 is 10.6 Å². The van der Waals surface area contributed by atoms with E-state index in [9.17, 15) is 14.9 Å². The number of pyridine rings is 1. The number of anilines is 1. The maximum Gasteiger partial charge on any atom is 0.292 e. The van der Waals surface area contributed by atoms with E-state index in [4.69, 9.17) is 0 Å².